The number of carboxylic acids is 1. The molecule has 38 heavy (non-hydrogen) atoms. The summed E-state index contributed by atoms with van der Waals surface area (Å²) in [5.74, 6) is -4.58. The lowest BCUT2D eigenvalue weighted by Gasteiger charge is -2.26. The Morgan fingerprint density at radius 1 is 0.947 bits per heavy atom. The minimum Gasteiger partial charge on any atom is -0.480 e. The minimum absolute atomic E-state index is 0.0418. The van der Waals surface area contributed by atoms with Crippen molar-refractivity contribution < 1.29 is 24.3 Å². The van der Waals surface area contributed by atoms with Crippen LogP contribution in [-0.4, -0.2) is 50.4 Å². The summed E-state index contributed by atoms with van der Waals surface area (Å²) < 4.78 is 0.813. The fourth-order valence-corrected chi connectivity index (χ4v) is 4.04. The second-order valence-corrected chi connectivity index (χ2v) is 9.16. The number of amides is 3. The average Bonchev–Trinajstić information content (AvgIpc) is 2.86. The number of nitrogens with one attached hydrogen (secondary N) is 3. The number of hydrogen-bond donors (Lipinski definition) is 5. The monoisotopic (exact) mass is 523 g/mol. The van der Waals surface area contributed by atoms with Gasteiger partial charge in [0.15, 0.2) is 0 Å². The number of carbonyl (C=O) groups is 4. The molecule has 0 bridgehead atoms. The van der Waals surface area contributed by atoms with Gasteiger partial charge in [-0.3, -0.25) is 19.2 Å². The summed E-state index contributed by atoms with van der Waals surface area (Å²) in [7, 11) is 0. The quantitative estimate of drug-likeness (QED) is 0.234. The molecule has 12 nitrogen and oxygen atoms in total. The van der Waals surface area contributed by atoms with Crippen LogP contribution in [0.5, 0.6) is 0 Å². The summed E-state index contributed by atoms with van der Waals surface area (Å²) in [5, 5.41) is 14.3. The fraction of sp³-hybridized carbons (Fsp3) is 0.308. The van der Waals surface area contributed by atoms with Crippen LogP contribution in [0.15, 0.2) is 64.2 Å². The van der Waals surface area contributed by atoms with Crippen LogP contribution in [0.25, 0.3) is 10.9 Å². The van der Waals surface area contributed by atoms with Crippen molar-refractivity contribution in [2.45, 2.75) is 44.8 Å². The molecule has 3 amide bonds. The maximum atomic E-state index is 13.6. The first kappa shape index (κ1) is 27.8. The number of aliphatic carboxylic acids is 1. The Kier molecular flexibility index (Phi) is 8.79. The number of fused-ring (bicyclic) bond motifs is 1. The molecule has 3 aromatic rings. The molecule has 1 aromatic heterocycles. The van der Waals surface area contributed by atoms with Gasteiger partial charge in [-0.15, -0.1) is 0 Å². The van der Waals surface area contributed by atoms with Crippen molar-refractivity contribution in [2.75, 3.05) is 0 Å². The third-order valence-corrected chi connectivity index (χ3v) is 5.99. The standard InChI is InChI=1S/C26H29N5O7/c1-14(2)21(23(34)28-18(25(36)37)13-20(27)32)30-22(33)19(12-15-8-4-3-5-9-15)31-24(35)16-10-6-7-11-17(16)29-26(31)38/h3-11,14,18-19,21H,12-13H2,1-2H3,(H2,27,32)(H,28,34)(H,29,38)(H,30,33)(H,36,37). The summed E-state index contributed by atoms with van der Waals surface area (Å²) in [6, 6.07) is 10.9. The average molecular weight is 524 g/mol. The molecule has 0 radical (unpaired) electrons. The molecule has 1 heterocycles. The highest BCUT2D eigenvalue weighted by atomic mass is 16.4. The number of rotatable bonds is 11. The number of benzene rings is 2. The summed E-state index contributed by atoms with van der Waals surface area (Å²) in [6.45, 7) is 3.24. The van der Waals surface area contributed by atoms with Gasteiger partial charge in [-0.2, -0.15) is 0 Å². The number of primary amides is 1. The van der Waals surface area contributed by atoms with Crippen LogP contribution in [0, 0.1) is 5.92 Å². The van der Waals surface area contributed by atoms with E-state index >= 15 is 0 Å². The second-order valence-electron chi connectivity index (χ2n) is 9.16. The fourth-order valence-electron chi connectivity index (χ4n) is 4.04. The number of aromatic nitrogens is 2. The zero-order valence-corrected chi connectivity index (χ0v) is 20.8. The van der Waals surface area contributed by atoms with E-state index in [9.17, 15) is 33.9 Å². The predicted molar refractivity (Wildman–Crippen MR) is 138 cm³/mol. The van der Waals surface area contributed by atoms with Crippen molar-refractivity contribution in [3.63, 3.8) is 0 Å². The molecular weight excluding hydrogens is 494 g/mol. The minimum atomic E-state index is -1.59. The van der Waals surface area contributed by atoms with Crippen LogP contribution in [0.1, 0.15) is 31.9 Å². The van der Waals surface area contributed by atoms with E-state index in [-0.39, 0.29) is 11.8 Å². The maximum Gasteiger partial charge on any atom is 0.329 e. The van der Waals surface area contributed by atoms with Gasteiger partial charge in [0.05, 0.1) is 17.3 Å². The zero-order valence-electron chi connectivity index (χ0n) is 20.8. The smallest absolute Gasteiger partial charge is 0.329 e. The SMILES string of the molecule is CC(C)C(NC(=O)C(Cc1ccccc1)n1c(=O)[nH]c2ccccc2c1=O)C(=O)NC(CC(N)=O)C(=O)O. The number of carbonyl (C=O) groups excluding carboxylic acids is 3. The van der Waals surface area contributed by atoms with E-state index in [0.717, 1.165) is 4.57 Å². The number of hydrogen-bond acceptors (Lipinski definition) is 6. The lowest BCUT2D eigenvalue weighted by atomic mass is 10.00. The molecule has 0 aliphatic rings. The Bertz CT molecular complexity index is 1460. The van der Waals surface area contributed by atoms with E-state index in [1.807, 2.05) is 0 Å². The summed E-state index contributed by atoms with van der Waals surface area (Å²) in [4.78, 5) is 78.2. The summed E-state index contributed by atoms with van der Waals surface area (Å²) in [6.07, 6.45) is -0.682. The van der Waals surface area contributed by atoms with Crippen molar-refractivity contribution in [1.82, 2.24) is 20.2 Å². The zero-order chi connectivity index (χ0) is 28.0. The molecule has 6 N–H and O–H groups in total. The molecule has 0 fully saturated rings. The van der Waals surface area contributed by atoms with E-state index in [1.54, 1.807) is 62.4 Å². The Hall–Kier alpha value is -4.74. The Balaban J connectivity index is 2.00. The normalized spacial score (nSPS) is 13.4. The van der Waals surface area contributed by atoms with Gasteiger partial charge in [0.1, 0.15) is 18.1 Å². The van der Waals surface area contributed by atoms with Gasteiger partial charge in [-0.05, 0) is 23.6 Å². The van der Waals surface area contributed by atoms with Gasteiger partial charge < -0.3 is 26.5 Å². The largest absolute Gasteiger partial charge is 0.480 e. The molecule has 0 spiro atoms. The van der Waals surface area contributed by atoms with Crippen molar-refractivity contribution >= 4 is 34.6 Å². The summed E-state index contributed by atoms with van der Waals surface area (Å²) in [5.41, 5.74) is 4.56. The van der Waals surface area contributed by atoms with Crippen LogP contribution in [0.4, 0.5) is 0 Å². The van der Waals surface area contributed by atoms with Crippen molar-refractivity contribution in [1.29, 1.82) is 0 Å². The Morgan fingerprint density at radius 3 is 2.18 bits per heavy atom. The van der Waals surface area contributed by atoms with Crippen LogP contribution in [0.3, 0.4) is 0 Å². The summed E-state index contributed by atoms with van der Waals surface area (Å²) >= 11 is 0. The molecule has 0 aliphatic carbocycles. The molecule has 2 aromatic carbocycles. The first-order chi connectivity index (χ1) is 18.0. The van der Waals surface area contributed by atoms with Gasteiger partial charge in [-0.1, -0.05) is 56.3 Å². The van der Waals surface area contributed by atoms with Gasteiger partial charge >= 0.3 is 11.7 Å². The molecule has 0 saturated heterocycles. The van der Waals surface area contributed by atoms with Crippen LogP contribution < -0.4 is 27.6 Å². The Morgan fingerprint density at radius 2 is 1.58 bits per heavy atom. The lowest BCUT2D eigenvalue weighted by molar-refractivity contribution is -0.144. The second kappa shape index (κ2) is 12.0. The lowest BCUT2D eigenvalue weighted by Crippen LogP contribution is -2.56. The molecule has 0 aliphatic heterocycles. The van der Waals surface area contributed by atoms with Crippen molar-refractivity contribution in [2.24, 2.45) is 11.7 Å². The highest BCUT2D eigenvalue weighted by molar-refractivity contribution is 5.93. The van der Waals surface area contributed by atoms with Crippen molar-refractivity contribution in [3.8, 4) is 0 Å². The number of nitrogens with zero attached hydrogens (tertiary/aromatic N) is 1. The first-order valence-corrected chi connectivity index (χ1v) is 11.9. The highest BCUT2D eigenvalue weighted by Crippen LogP contribution is 2.15. The molecule has 12 heteroatoms. The van der Waals surface area contributed by atoms with E-state index in [2.05, 4.69) is 15.6 Å². The number of para-hydroxylation sites is 1. The van der Waals surface area contributed by atoms with Crippen LogP contribution in [-0.2, 0) is 25.6 Å². The third kappa shape index (κ3) is 6.52. The maximum absolute atomic E-state index is 13.6. The first-order valence-electron chi connectivity index (χ1n) is 11.9. The molecule has 200 valence electrons. The van der Waals surface area contributed by atoms with Crippen LogP contribution in [0.2, 0.25) is 0 Å². The van der Waals surface area contributed by atoms with E-state index in [1.165, 1.54) is 6.07 Å². The van der Waals surface area contributed by atoms with E-state index < -0.39 is 65.4 Å². The molecule has 0 saturated carbocycles. The topological polar surface area (TPSA) is 193 Å². The van der Waals surface area contributed by atoms with Crippen molar-refractivity contribution in [3.05, 3.63) is 81.0 Å². The molecule has 3 atom stereocenters. The number of aromatic amines is 1. The van der Waals surface area contributed by atoms with Crippen LogP contribution >= 0.6 is 0 Å². The van der Waals surface area contributed by atoms with E-state index in [0.29, 0.717) is 11.1 Å². The van der Waals surface area contributed by atoms with Gasteiger partial charge in [-0.25, -0.2) is 14.2 Å². The predicted octanol–water partition coefficient (Wildman–Crippen LogP) is 0.0592. The van der Waals surface area contributed by atoms with E-state index in [4.69, 9.17) is 5.73 Å². The molecule has 3 rings (SSSR count). The number of carboxylic acid groups (broad SMARTS) is 1. The highest BCUT2D eigenvalue weighted by Gasteiger charge is 2.33. The van der Waals surface area contributed by atoms with Gasteiger partial charge in [0.25, 0.3) is 5.56 Å². The molecule has 3 unspecified atom stereocenters. The number of nitrogens with two attached hydrogens (primary N) is 1. The van der Waals surface area contributed by atoms with Gasteiger partial charge in [0, 0.05) is 6.42 Å². The number of H-pyrrole nitrogens is 1. The molecular formula is C26H29N5O7. The Labute approximate surface area is 216 Å². The third-order valence-electron chi connectivity index (χ3n) is 5.99. The van der Waals surface area contributed by atoms with Gasteiger partial charge in [0.2, 0.25) is 17.7 Å².